The molecule has 2 nitrogen and oxygen atoms in total. The molecule has 0 saturated carbocycles. The van der Waals surface area contributed by atoms with Crippen molar-refractivity contribution in [3.63, 3.8) is 0 Å². The molecule has 0 saturated heterocycles. The molecule has 14 heavy (non-hydrogen) atoms. The maximum absolute atomic E-state index is 6.05. The van der Waals surface area contributed by atoms with Crippen LogP contribution in [0.25, 0.3) is 10.8 Å². The lowest BCUT2D eigenvalue weighted by Gasteiger charge is -2.06. The molecule has 0 amide bonds. The summed E-state index contributed by atoms with van der Waals surface area (Å²) in [6.45, 7) is 0. The molecule has 0 bridgehead atoms. The fraction of sp³-hybridized carbons (Fsp3) is 0.100. The van der Waals surface area contributed by atoms with Gasteiger partial charge in [0.1, 0.15) is 5.82 Å². The first kappa shape index (κ1) is 9.56. The van der Waals surface area contributed by atoms with Crippen molar-refractivity contribution in [3.05, 3.63) is 34.4 Å². The highest BCUT2D eigenvalue weighted by atomic mass is 35.5. The Labute approximate surface area is 91.9 Å². The molecule has 72 valence electrons. The van der Waals surface area contributed by atoms with Gasteiger partial charge in [0.05, 0.1) is 5.02 Å². The molecule has 1 N–H and O–H groups in total. The number of aromatic nitrogens is 1. The van der Waals surface area contributed by atoms with Crippen molar-refractivity contribution >= 4 is 39.8 Å². The van der Waals surface area contributed by atoms with E-state index in [-0.39, 0.29) is 0 Å². The molecule has 0 aliphatic carbocycles. The first-order chi connectivity index (χ1) is 6.72. The average molecular weight is 227 g/mol. The summed E-state index contributed by atoms with van der Waals surface area (Å²) in [6.07, 6.45) is 1.72. The van der Waals surface area contributed by atoms with Crippen LogP contribution in [0.2, 0.25) is 10.0 Å². The second kappa shape index (κ2) is 3.64. The largest absolute Gasteiger partial charge is 0.373 e. The van der Waals surface area contributed by atoms with Crippen LogP contribution < -0.4 is 5.32 Å². The number of anilines is 1. The van der Waals surface area contributed by atoms with E-state index in [0.717, 1.165) is 16.6 Å². The van der Waals surface area contributed by atoms with E-state index in [1.54, 1.807) is 12.3 Å². The molecule has 2 rings (SSSR count). The van der Waals surface area contributed by atoms with Crippen LogP contribution in [0, 0.1) is 0 Å². The Balaban J connectivity index is 2.86. The highest BCUT2D eigenvalue weighted by Gasteiger charge is 2.05. The minimum Gasteiger partial charge on any atom is -0.373 e. The van der Waals surface area contributed by atoms with Gasteiger partial charge < -0.3 is 5.32 Å². The van der Waals surface area contributed by atoms with E-state index in [2.05, 4.69) is 10.3 Å². The minimum atomic E-state index is 0.618. The van der Waals surface area contributed by atoms with Gasteiger partial charge in [-0.2, -0.15) is 0 Å². The Hall–Kier alpha value is -0.990. The summed E-state index contributed by atoms with van der Waals surface area (Å²) < 4.78 is 0. The maximum atomic E-state index is 6.05. The van der Waals surface area contributed by atoms with Gasteiger partial charge in [0.15, 0.2) is 0 Å². The molecule has 0 spiro atoms. The third kappa shape index (κ3) is 1.51. The molecular formula is C10H8Cl2N2. The van der Waals surface area contributed by atoms with Crippen LogP contribution in [0.1, 0.15) is 0 Å². The van der Waals surface area contributed by atoms with Gasteiger partial charge in [-0.1, -0.05) is 23.2 Å². The third-order valence-corrected chi connectivity index (χ3v) is 2.56. The van der Waals surface area contributed by atoms with Crippen molar-refractivity contribution in [3.8, 4) is 0 Å². The Morgan fingerprint density at radius 1 is 1.21 bits per heavy atom. The molecule has 0 fully saturated rings. The molecule has 1 aromatic carbocycles. The van der Waals surface area contributed by atoms with Crippen LogP contribution in [0.5, 0.6) is 0 Å². The van der Waals surface area contributed by atoms with Gasteiger partial charge >= 0.3 is 0 Å². The number of hydrogen-bond donors (Lipinski definition) is 1. The van der Waals surface area contributed by atoms with E-state index in [9.17, 15) is 0 Å². The second-order valence-corrected chi connectivity index (χ2v) is 3.74. The van der Waals surface area contributed by atoms with Crippen molar-refractivity contribution in [2.24, 2.45) is 0 Å². The van der Waals surface area contributed by atoms with Crippen molar-refractivity contribution in [2.45, 2.75) is 0 Å². The van der Waals surface area contributed by atoms with Gasteiger partial charge in [-0.25, -0.2) is 4.98 Å². The highest BCUT2D eigenvalue weighted by molar-refractivity contribution is 6.39. The zero-order valence-electron chi connectivity index (χ0n) is 7.51. The lowest BCUT2D eigenvalue weighted by molar-refractivity contribution is 1.32. The Morgan fingerprint density at radius 2 is 2.00 bits per heavy atom. The van der Waals surface area contributed by atoms with Crippen molar-refractivity contribution in [2.75, 3.05) is 12.4 Å². The molecule has 0 radical (unpaired) electrons. The summed E-state index contributed by atoms with van der Waals surface area (Å²) >= 11 is 12.0. The Kier molecular flexibility index (Phi) is 2.48. The van der Waals surface area contributed by atoms with Crippen LogP contribution in [-0.2, 0) is 0 Å². The fourth-order valence-corrected chi connectivity index (χ4v) is 1.96. The first-order valence-corrected chi connectivity index (χ1v) is 4.89. The molecule has 1 heterocycles. The summed E-state index contributed by atoms with van der Waals surface area (Å²) in [6, 6.07) is 5.45. The number of halogens is 2. The van der Waals surface area contributed by atoms with Crippen molar-refractivity contribution < 1.29 is 0 Å². The maximum Gasteiger partial charge on any atom is 0.133 e. The summed E-state index contributed by atoms with van der Waals surface area (Å²) in [4.78, 5) is 4.18. The first-order valence-electron chi connectivity index (χ1n) is 4.14. The molecule has 0 atom stereocenters. The Bertz CT molecular complexity index is 483. The summed E-state index contributed by atoms with van der Waals surface area (Å²) in [5.41, 5.74) is 0. The SMILES string of the molecule is CNc1nccc2c(Cl)cc(Cl)cc12. The normalized spacial score (nSPS) is 10.5. The lowest BCUT2D eigenvalue weighted by atomic mass is 10.1. The van der Waals surface area contributed by atoms with E-state index >= 15 is 0 Å². The van der Waals surface area contributed by atoms with Crippen LogP contribution in [-0.4, -0.2) is 12.0 Å². The number of nitrogens with one attached hydrogen (secondary N) is 1. The third-order valence-electron chi connectivity index (χ3n) is 2.03. The van der Waals surface area contributed by atoms with Crippen LogP contribution in [0.15, 0.2) is 24.4 Å². The predicted molar refractivity (Wildman–Crippen MR) is 61.3 cm³/mol. The summed E-state index contributed by atoms with van der Waals surface area (Å²) in [7, 11) is 1.82. The number of rotatable bonds is 1. The van der Waals surface area contributed by atoms with Crippen LogP contribution in [0.4, 0.5) is 5.82 Å². The molecule has 0 aliphatic rings. The van der Waals surface area contributed by atoms with E-state index in [1.807, 2.05) is 19.2 Å². The lowest BCUT2D eigenvalue weighted by Crippen LogP contribution is -1.92. The standard InChI is InChI=1S/C10H8Cl2N2/c1-13-10-8-4-6(11)5-9(12)7(8)2-3-14-10/h2-5H,1H3,(H,13,14). The van der Waals surface area contributed by atoms with E-state index in [0.29, 0.717) is 10.0 Å². The van der Waals surface area contributed by atoms with E-state index in [1.165, 1.54) is 0 Å². The van der Waals surface area contributed by atoms with Gasteiger partial charge in [0.2, 0.25) is 0 Å². The molecule has 4 heteroatoms. The van der Waals surface area contributed by atoms with Crippen molar-refractivity contribution in [1.82, 2.24) is 4.98 Å². The van der Waals surface area contributed by atoms with Gasteiger partial charge in [-0.3, -0.25) is 0 Å². The fourth-order valence-electron chi connectivity index (χ4n) is 1.41. The Morgan fingerprint density at radius 3 is 2.71 bits per heavy atom. The predicted octanol–water partition coefficient (Wildman–Crippen LogP) is 3.58. The molecule has 2 aromatic rings. The number of hydrogen-bond acceptors (Lipinski definition) is 2. The smallest absolute Gasteiger partial charge is 0.133 e. The number of fused-ring (bicyclic) bond motifs is 1. The van der Waals surface area contributed by atoms with Crippen LogP contribution >= 0.6 is 23.2 Å². The summed E-state index contributed by atoms with van der Waals surface area (Å²) in [5.74, 6) is 0.784. The zero-order chi connectivity index (χ0) is 10.1. The quantitative estimate of drug-likeness (QED) is 0.805. The van der Waals surface area contributed by atoms with Gasteiger partial charge in [-0.15, -0.1) is 0 Å². The van der Waals surface area contributed by atoms with Gasteiger partial charge in [0.25, 0.3) is 0 Å². The number of nitrogens with zero attached hydrogens (tertiary/aromatic N) is 1. The van der Waals surface area contributed by atoms with E-state index in [4.69, 9.17) is 23.2 Å². The zero-order valence-corrected chi connectivity index (χ0v) is 9.02. The molecule has 0 aliphatic heterocycles. The number of pyridine rings is 1. The second-order valence-electron chi connectivity index (χ2n) is 2.89. The monoisotopic (exact) mass is 226 g/mol. The molecule has 1 aromatic heterocycles. The van der Waals surface area contributed by atoms with Crippen LogP contribution in [0.3, 0.4) is 0 Å². The van der Waals surface area contributed by atoms with Gasteiger partial charge in [0, 0.05) is 29.0 Å². The van der Waals surface area contributed by atoms with Crippen molar-refractivity contribution in [1.29, 1.82) is 0 Å². The van der Waals surface area contributed by atoms with E-state index < -0.39 is 0 Å². The van der Waals surface area contributed by atoms with Gasteiger partial charge in [-0.05, 0) is 18.2 Å². The minimum absolute atomic E-state index is 0.618. The molecule has 0 unspecified atom stereocenters. The highest BCUT2D eigenvalue weighted by Crippen LogP contribution is 2.30. The topological polar surface area (TPSA) is 24.9 Å². The summed E-state index contributed by atoms with van der Waals surface area (Å²) in [5, 5.41) is 6.15. The number of benzene rings is 1. The average Bonchev–Trinajstić information content (AvgIpc) is 2.17. The molecular weight excluding hydrogens is 219 g/mol.